The third-order valence-electron chi connectivity index (χ3n) is 4.22. The molecule has 0 aliphatic heterocycles. The van der Waals surface area contributed by atoms with Crippen LogP contribution in [0, 0.1) is 5.82 Å². The molecule has 0 radical (unpaired) electrons. The summed E-state index contributed by atoms with van der Waals surface area (Å²) in [6.07, 6.45) is 0. The minimum Gasteiger partial charge on any atom is -0.494 e. The monoisotopic (exact) mass is 423 g/mol. The summed E-state index contributed by atoms with van der Waals surface area (Å²) in [5.74, 6) is -0.567. The van der Waals surface area contributed by atoms with Crippen molar-refractivity contribution in [2.75, 3.05) is 31.6 Å². The number of benzene rings is 2. The summed E-state index contributed by atoms with van der Waals surface area (Å²) in [7, 11) is -1.43. The molecule has 1 amide bonds. The highest BCUT2D eigenvalue weighted by atomic mass is 32.2. The number of hydrogen-bond acceptors (Lipinski definition) is 4. The van der Waals surface area contributed by atoms with E-state index in [9.17, 15) is 17.6 Å². The van der Waals surface area contributed by atoms with E-state index in [1.54, 1.807) is 19.1 Å². The van der Waals surface area contributed by atoms with Crippen molar-refractivity contribution < 1.29 is 22.3 Å². The number of carbonyl (C=O) groups excluding carboxylic acids is 1. The number of anilines is 1. The second kappa shape index (κ2) is 9.71. The molecule has 2 rings (SSSR count). The molecule has 0 bridgehead atoms. The SMILES string of the molecule is CCOc1ccc(C(C)NC(=O)CN(c2ccccc2F)S(=O)(=O)N(C)C)cc1. The van der Waals surface area contributed by atoms with Crippen molar-refractivity contribution in [1.82, 2.24) is 9.62 Å². The first-order valence-electron chi connectivity index (χ1n) is 9.13. The van der Waals surface area contributed by atoms with Crippen LogP contribution >= 0.6 is 0 Å². The molecule has 1 atom stereocenters. The van der Waals surface area contributed by atoms with Gasteiger partial charge in [-0.15, -0.1) is 0 Å². The van der Waals surface area contributed by atoms with Crippen molar-refractivity contribution in [3.05, 3.63) is 59.9 Å². The van der Waals surface area contributed by atoms with Crippen molar-refractivity contribution in [3.8, 4) is 5.75 Å². The summed E-state index contributed by atoms with van der Waals surface area (Å²) >= 11 is 0. The van der Waals surface area contributed by atoms with Gasteiger partial charge in [0.25, 0.3) is 0 Å². The fraction of sp³-hybridized carbons (Fsp3) is 0.350. The molecule has 1 unspecified atom stereocenters. The van der Waals surface area contributed by atoms with Crippen LogP contribution in [0.4, 0.5) is 10.1 Å². The van der Waals surface area contributed by atoms with Gasteiger partial charge in [-0.25, -0.2) is 8.70 Å². The van der Waals surface area contributed by atoms with E-state index in [1.165, 1.54) is 32.3 Å². The van der Waals surface area contributed by atoms with Crippen LogP contribution in [-0.2, 0) is 15.0 Å². The molecule has 1 N–H and O–H groups in total. The van der Waals surface area contributed by atoms with E-state index in [4.69, 9.17) is 4.74 Å². The van der Waals surface area contributed by atoms with Crippen LogP contribution in [0.25, 0.3) is 0 Å². The van der Waals surface area contributed by atoms with Gasteiger partial charge in [-0.05, 0) is 43.7 Å². The third kappa shape index (κ3) is 5.68. The molecule has 0 saturated heterocycles. The average Bonchev–Trinajstić information content (AvgIpc) is 2.67. The topological polar surface area (TPSA) is 79.0 Å². The lowest BCUT2D eigenvalue weighted by molar-refractivity contribution is -0.120. The zero-order valence-electron chi connectivity index (χ0n) is 16.9. The van der Waals surface area contributed by atoms with Crippen molar-refractivity contribution >= 4 is 21.8 Å². The predicted molar refractivity (Wildman–Crippen MR) is 111 cm³/mol. The standard InChI is InChI=1S/C20H26FN3O4S/c1-5-28-17-12-10-16(11-13-17)15(2)22-20(25)14-24(29(26,27)23(3)4)19-9-7-6-8-18(19)21/h6-13,15H,5,14H2,1-4H3,(H,22,25). The first-order chi connectivity index (χ1) is 13.7. The van der Waals surface area contributed by atoms with Crippen LogP contribution in [-0.4, -0.2) is 45.9 Å². The molecule has 0 saturated carbocycles. The molecule has 0 fully saturated rings. The molecular formula is C20H26FN3O4S. The normalized spacial score (nSPS) is 12.5. The Morgan fingerprint density at radius 2 is 1.76 bits per heavy atom. The zero-order valence-corrected chi connectivity index (χ0v) is 17.7. The number of hydrogen-bond donors (Lipinski definition) is 1. The van der Waals surface area contributed by atoms with E-state index >= 15 is 0 Å². The van der Waals surface area contributed by atoms with Gasteiger partial charge in [-0.1, -0.05) is 24.3 Å². The lowest BCUT2D eigenvalue weighted by Gasteiger charge is -2.27. The molecule has 29 heavy (non-hydrogen) atoms. The van der Waals surface area contributed by atoms with Gasteiger partial charge in [-0.3, -0.25) is 4.79 Å². The molecule has 2 aromatic rings. The maximum atomic E-state index is 14.2. The molecule has 0 spiro atoms. The minimum absolute atomic E-state index is 0.190. The smallest absolute Gasteiger partial charge is 0.304 e. The summed E-state index contributed by atoms with van der Waals surface area (Å²) in [6, 6.07) is 12.3. The van der Waals surface area contributed by atoms with Gasteiger partial charge in [0.2, 0.25) is 5.91 Å². The van der Waals surface area contributed by atoms with Crippen molar-refractivity contribution in [2.45, 2.75) is 19.9 Å². The average molecular weight is 424 g/mol. The Bertz CT molecular complexity index is 933. The first-order valence-corrected chi connectivity index (χ1v) is 10.5. The highest BCUT2D eigenvalue weighted by Gasteiger charge is 2.29. The van der Waals surface area contributed by atoms with Crippen LogP contribution in [0.3, 0.4) is 0 Å². The zero-order chi connectivity index (χ0) is 21.6. The number of halogens is 1. The summed E-state index contributed by atoms with van der Waals surface area (Å²) in [6.45, 7) is 3.67. The predicted octanol–water partition coefficient (Wildman–Crippen LogP) is 2.71. The number of rotatable bonds is 9. The Morgan fingerprint density at radius 1 is 1.14 bits per heavy atom. The molecular weight excluding hydrogens is 397 g/mol. The Labute approximate surface area is 171 Å². The fourth-order valence-electron chi connectivity index (χ4n) is 2.66. The molecule has 0 aliphatic rings. The molecule has 2 aromatic carbocycles. The number of amides is 1. The summed E-state index contributed by atoms with van der Waals surface area (Å²) < 4.78 is 46.7. The van der Waals surface area contributed by atoms with Gasteiger partial charge in [0.1, 0.15) is 18.1 Å². The van der Waals surface area contributed by atoms with Gasteiger partial charge in [0.15, 0.2) is 0 Å². The van der Waals surface area contributed by atoms with Gasteiger partial charge in [-0.2, -0.15) is 12.7 Å². The second-order valence-electron chi connectivity index (χ2n) is 6.54. The number of nitrogens with zero attached hydrogens (tertiary/aromatic N) is 2. The molecule has 7 nitrogen and oxygen atoms in total. The van der Waals surface area contributed by atoms with E-state index in [0.717, 1.165) is 26.0 Å². The lowest BCUT2D eigenvalue weighted by atomic mass is 10.1. The lowest BCUT2D eigenvalue weighted by Crippen LogP contribution is -2.46. The molecule has 9 heteroatoms. The minimum atomic E-state index is -4.07. The maximum absolute atomic E-state index is 14.2. The number of para-hydroxylation sites is 1. The molecule has 0 aromatic heterocycles. The summed E-state index contributed by atoms with van der Waals surface area (Å²) in [5, 5.41) is 2.75. The van der Waals surface area contributed by atoms with Crippen LogP contribution in [0.15, 0.2) is 48.5 Å². The van der Waals surface area contributed by atoms with Crippen LogP contribution in [0.1, 0.15) is 25.5 Å². The number of ether oxygens (including phenoxy) is 1. The first kappa shape index (κ1) is 22.6. The van der Waals surface area contributed by atoms with E-state index in [2.05, 4.69) is 5.32 Å². The van der Waals surface area contributed by atoms with Crippen LogP contribution in [0.5, 0.6) is 5.75 Å². The Balaban J connectivity index is 2.18. The van der Waals surface area contributed by atoms with Gasteiger partial charge < -0.3 is 10.1 Å². The number of carbonyl (C=O) groups is 1. The van der Waals surface area contributed by atoms with Gasteiger partial charge in [0, 0.05) is 14.1 Å². The van der Waals surface area contributed by atoms with Crippen LogP contribution in [0.2, 0.25) is 0 Å². The van der Waals surface area contributed by atoms with E-state index in [0.29, 0.717) is 6.61 Å². The molecule has 0 heterocycles. The quantitative estimate of drug-likeness (QED) is 0.673. The highest BCUT2D eigenvalue weighted by molar-refractivity contribution is 7.90. The Kier molecular flexibility index (Phi) is 7.58. The second-order valence-corrected chi connectivity index (χ2v) is 8.61. The Hall–Kier alpha value is -2.65. The fourth-order valence-corrected chi connectivity index (χ4v) is 3.73. The van der Waals surface area contributed by atoms with Crippen LogP contribution < -0.4 is 14.4 Å². The summed E-state index contributed by atoms with van der Waals surface area (Å²) in [4.78, 5) is 12.6. The van der Waals surface area contributed by atoms with Gasteiger partial charge in [0.05, 0.1) is 18.3 Å². The van der Waals surface area contributed by atoms with E-state index in [1.807, 2.05) is 19.1 Å². The van der Waals surface area contributed by atoms with Crippen molar-refractivity contribution in [3.63, 3.8) is 0 Å². The van der Waals surface area contributed by atoms with Gasteiger partial charge >= 0.3 is 10.2 Å². The van der Waals surface area contributed by atoms with E-state index in [-0.39, 0.29) is 11.7 Å². The van der Waals surface area contributed by atoms with Crippen molar-refractivity contribution in [1.29, 1.82) is 0 Å². The van der Waals surface area contributed by atoms with E-state index < -0.39 is 28.5 Å². The molecule has 0 aliphatic carbocycles. The maximum Gasteiger partial charge on any atom is 0.304 e. The largest absolute Gasteiger partial charge is 0.494 e. The third-order valence-corrected chi connectivity index (χ3v) is 6.02. The summed E-state index contributed by atoms with van der Waals surface area (Å²) in [5.41, 5.74) is 0.639. The van der Waals surface area contributed by atoms with Crippen molar-refractivity contribution in [2.24, 2.45) is 0 Å². The highest BCUT2D eigenvalue weighted by Crippen LogP contribution is 2.23. The number of nitrogens with one attached hydrogen (secondary N) is 1. The molecule has 158 valence electrons. The Morgan fingerprint density at radius 3 is 2.31 bits per heavy atom.